The summed E-state index contributed by atoms with van der Waals surface area (Å²) < 4.78 is 0. The van der Waals surface area contributed by atoms with Crippen molar-refractivity contribution >= 4 is 62.5 Å². The molecule has 6 aromatic rings. The van der Waals surface area contributed by atoms with Gasteiger partial charge in [0.15, 0.2) is 17.5 Å². The average Bonchev–Trinajstić information content (AvgIpc) is 3.77. The van der Waals surface area contributed by atoms with Gasteiger partial charge in [0.25, 0.3) is 0 Å². The maximum Gasteiger partial charge on any atom is 0.164 e. The van der Waals surface area contributed by atoms with Crippen molar-refractivity contribution in [3.63, 3.8) is 0 Å². The Bertz CT molecular complexity index is 2360. The first-order valence-corrected chi connectivity index (χ1v) is 14.1. The highest BCUT2D eigenvalue weighted by Crippen LogP contribution is 2.36. The number of H-pyrrole nitrogens is 2. The SMILES string of the molecule is C1=c2\[nH]c(c3ccccc23)=NC2=NC(=Nc3[nH]c(c4ccccc34)N=C3N=C(CC/1)c1ccccc13)c1ccccc12. The van der Waals surface area contributed by atoms with E-state index in [1.54, 1.807) is 0 Å². The highest BCUT2D eigenvalue weighted by Gasteiger charge is 2.24. The number of amidine groups is 3. The summed E-state index contributed by atoms with van der Waals surface area (Å²) in [6, 6.07) is 33.0. The van der Waals surface area contributed by atoms with Gasteiger partial charge < -0.3 is 9.97 Å². The molecule has 0 spiro atoms. The minimum absolute atomic E-state index is 0.617. The van der Waals surface area contributed by atoms with E-state index in [1.165, 1.54) is 0 Å². The summed E-state index contributed by atoms with van der Waals surface area (Å²) in [6.45, 7) is 0. The Morgan fingerprint density at radius 1 is 0.452 bits per heavy atom. The van der Waals surface area contributed by atoms with Crippen LogP contribution in [0.25, 0.3) is 27.6 Å². The number of benzene rings is 4. The summed E-state index contributed by atoms with van der Waals surface area (Å²) >= 11 is 0. The van der Waals surface area contributed by atoms with Crippen molar-refractivity contribution in [3.05, 3.63) is 130 Å². The Kier molecular flexibility index (Phi) is 4.89. The minimum Gasteiger partial charge on any atom is -0.339 e. The normalized spacial score (nSPS) is 16.2. The maximum absolute atomic E-state index is 5.07. The zero-order valence-electron chi connectivity index (χ0n) is 22.5. The van der Waals surface area contributed by atoms with E-state index < -0.39 is 0 Å². The molecule has 9 rings (SSSR count). The average molecular weight is 542 g/mol. The molecule has 0 amide bonds. The molecule has 0 aliphatic carbocycles. The van der Waals surface area contributed by atoms with E-state index >= 15 is 0 Å². The zero-order valence-corrected chi connectivity index (χ0v) is 22.5. The van der Waals surface area contributed by atoms with E-state index in [2.05, 4.69) is 70.6 Å². The van der Waals surface area contributed by atoms with E-state index in [4.69, 9.17) is 25.0 Å². The first kappa shape index (κ1) is 23.1. The lowest BCUT2D eigenvalue weighted by molar-refractivity contribution is 1.12. The van der Waals surface area contributed by atoms with Crippen molar-refractivity contribution in [3.8, 4) is 0 Å². The van der Waals surface area contributed by atoms with Crippen LogP contribution in [0, 0.1) is 0 Å². The highest BCUT2D eigenvalue weighted by atomic mass is 15.1. The molecule has 42 heavy (non-hydrogen) atoms. The molecule has 0 radical (unpaired) electrons. The smallest absolute Gasteiger partial charge is 0.164 e. The summed E-state index contributed by atoms with van der Waals surface area (Å²) in [5, 5.41) is 5.21. The lowest BCUT2D eigenvalue weighted by Gasteiger charge is -2.00. The van der Waals surface area contributed by atoms with E-state index in [0.717, 1.165) is 79.0 Å². The van der Waals surface area contributed by atoms with Gasteiger partial charge in [-0.25, -0.2) is 25.0 Å². The Labute approximate surface area is 240 Å². The third-order valence-electron chi connectivity index (χ3n) is 8.12. The quantitative estimate of drug-likeness (QED) is 0.227. The number of fused-ring (bicyclic) bond motifs is 18. The molecule has 5 heterocycles. The summed E-state index contributed by atoms with van der Waals surface area (Å²) in [5.41, 5.74) is 5.92. The van der Waals surface area contributed by atoms with Gasteiger partial charge in [-0.05, 0) is 12.8 Å². The molecule has 8 bridgehead atoms. The Hall–Kier alpha value is -5.69. The van der Waals surface area contributed by atoms with Crippen LogP contribution in [0.5, 0.6) is 0 Å². The van der Waals surface area contributed by atoms with Crippen molar-refractivity contribution in [2.24, 2.45) is 25.0 Å². The molecule has 7 nitrogen and oxygen atoms in total. The number of aromatic nitrogens is 2. The number of aromatic amines is 2. The second-order valence-electron chi connectivity index (χ2n) is 10.6. The van der Waals surface area contributed by atoms with Crippen molar-refractivity contribution < 1.29 is 0 Å². The van der Waals surface area contributed by atoms with Gasteiger partial charge in [0.05, 0.1) is 5.71 Å². The second kappa shape index (κ2) is 8.91. The molecule has 2 aromatic heterocycles. The zero-order chi connectivity index (χ0) is 27.6. The predicted molar refractivity (Wildman–Crippen MR) is 169 cm³/mol. The molecule has 0 saturated heterocycles. The van der Waals surface area contributed by atoms with Crippen LogP contribution in [-0.4, -0.2) is 33.2 Å². The fraction of sp³-hybridized carbons (Fsp3) is 0.0571. The molecule has 198 valence electrons. The van der Waals surface area contributed by atoms with Crippen LogP contribution in [0.2, 0.25) is 0 Å². The Morgan fingerprint density at radius 2 is 0.976 bits per heavy atom. The first-order chi connectivity index (χ1) is 20.8. The van der Waals surface area contributed by atoms with Crippen LogP contribution in [0.4, 0.5) is 11.6 Å². The van der Waals surface area contributed by atoms with Gasteiger partial charge in [-0.3, -0.25) is 0 Å². The molecule has 0 atom stereocenters. The maximum atomic E-state index is 5.07. The van der Waals surface area contributed by atoms with Crippen LogP contribution < -0.4 is 10.8 Å². The molecular formula is C35H23N7. The Balaban J connectivity index is 1.35. The lowest BCUT2D eigenvalue weighted by Crippen LogP contribution is -2.13. The lowest BCUT2D eigenvalue weighted by atomic mass is 10.0. The summed E-state index contributed by atoms with van der Waals surface area (Å²) in [4.78, 5) is 32.3. The van der Waals surface area contributed by atoms with Gasteiger partial charge in [-0.2, -0.15) is 0 Å². The van der Waals surface area contributed by atoms with Crippen LogP contribution in [-0.2, 0) is 0 Å². The monoisotopic (exact) mass is 541 g/mol. The number of hydrogen-bond donors (Lipinski definition) is 2. The number of aliphatic imine (C=N–C) groups is 4. The number of nitrogens with one attached hydrogen (secondary N) is 2. The van der Waals surface area contributed by atoms with Gasteiger partial charge in [0, 0.05) is 49.1 Å². The fourth-order valence-electron chi connectivity index (χ4n) is 6.14. The van der Waals surface area contributed by atoms with Crippen LogP contribution in [0.15, 0.2) is 122 Å². The first-order valence-electron chi connectivity index (χ1n) is 14.1. The molecule has 3 aliphatic rings. The molecule has 0 fully saturated rings. The van der Waals surface area contributed by atoms with Crippen molar-refractivity contribution in [1.29, 1.82) is 0 Å². The van der Waals surface area contributed by atoms with E-state index in [-0.39, 0.29) is 0 Å². The molecule has 2 N–H and O–H groups in total. The predicted octanol–water partition coefficient (Wildman–Crippen LogP) is 6.26. The number of rotatable bonds is 0. The Morgan fingerprint density at radius 3 is 1.67 bits per heavy atom. The third kappa shape index (κ3) is 3.50. The van der Waals surface area contributed by atoms with E-state index in [9.17, 15) is 0 Å². The van der Waals surface area contributed by atoms with Crippen LogP contribution in [0.3, 0.4) is 0 Å². The van der Waals surface area contributed by atoms with Crippen LogP contribution >= 0.6 is 0 Å². The second-order valence-corrected chi connectivity index (χ2v) is 10.6. The topological polar surface area (TPSA) is 93.4 Å². The van der Waals surface area contributed by atoms with E-state index in [0.29, 0.717) is 23.3 Å². The standard InChI is InChI=1S/C35H23N7/c1-3-12-22-20(10-1)28-18-9-19-29-21-11-2-4-13-23(21)31(37-29)39-33-25-15-6-8-17-27(25)35(41-33)42-34-26-16-7-5-14-24(26)32(40-34)38-30(22)36-28/h1-8,10-18,41H,9,19H2,(H,36,38,40,42)/b28-18-,39-31?. The van der Waals surface area contributed by atoms with Gasteiger partial charge >= 0.3 is 0 Å². The minimum atomic E-state index is 0.617. The van der Waals surface area contributed by atoms with Gasteiger partial charge in [0.1, 0.15) is 17.1 Å². The molecule has 7 heteroatoms. The van der Waals surface area contributed by atoms with Crippen LogP contribution in [0.1, 0.15) is 35.1 Å². The number of hydrogen-bond acceptors (Lipinski definition) is 5. The fourth-order valence-corrected chi connectivity index (χ4v) is 6.14. The summed E-state index contributed by atoms with van der Waals surface area (Å²) in [6.07, 6.45) is 3.85. The largest absolute Gasteiger partial charge is 0.339 e. The summed E-state index contributed by atoms with van der Waals surface area (Å²) in [5.74, 6) is 3.41. The molecule has 0 saturated carbocycles. The molecule has 3 aliphatic heterocycles. The van der Waals surface area contributed by atoms with Crippen molar-refractivity contribution in [2.45, 2.75) is 12.8 Å². The molecular weight excluding hydrogens is 518 g/mol. The van der Waals surface area contributed by atoms with Crippen molar-refractivity contribution in [1.82, 2.24) is 9.97 Å². The van der Waals surface area contributed by atoms with Gasteiger partial charge in [-0.1, -0.05) is 103 Å². The van der Waals surface area contributed by atoms with Gasteiger partial charge in [0.2, 0.25) is 0 Å². The molecule has 0 unspecified atom stereocenters. The summed E-state index contributed by atoms with van der Waals surface area (Å²) in [7, 11) is 0. The third-order valence-corrected chi connectivity index (χ3v) is 8.12. The highest BCUT2D eigenvalue weighted by molar-refractivity contribution is 6.25. The van der Waals surface area contributed by atoms with E-state index in [1.807, 2.05) is 42.5 Å². The number of nitrogens with zero attached hydrogens (tertiary/aromatic N) is 5. The van der Waals surface area contributed by atoms with Gasteiger partial charge in [-0.15, -0.1) is 0 Å². The molecule has 4 aromatic carbocycles. The van der Waals surface area contributed by atoms with Crippen molar-refractivity contribution in [2.75, 3.05) is 0 Å².